The second-order valence-electron chi connectivity index (χ2n) is 6.82. The van der Waals surface area contributed by atoms with Crippen molar-refractivity contribution < 1.29 is 17.9 Å². The molecule has 3 N–H and O–H groups in total. The van der Waals surface area contributed by atoms with Gasteiger partial charge in [0.2, 0.25) is 0 Å². The first-order valence-corrected chi connectivity index (χ1v) is 8.78. The second-order valence-corrected chi connectivity index (χ2v) is 6.82. The average molecular weight is 373 g/mol. The van der Waals surface area contributed by atoms with Gasteiger partial charge in [0, 0.05) is 36.0 Å². The number of anilines is 3. The van der Waals surface area contributed by atoms with Gasteiger partial charge < -0.3 is 20.4 Å². The number of H-pyrrole nitrogens is 1. The van der Waals surface area contributed by atoms with Gasteiger partial charge in [-0.15, -0.1) is 0 Å². The first kappa shape index (κ1) is 16.3. The maximum absolute atomic E-state index is 13.4. The number of nitrogens with one attached hydrogen (secondary N) is 3. The predicted octanol–water partition coefficient (Wildman–Crippen LogP) is 4.63. The van der Waals surface area contributed by atoms with E-state index in [2.05, 4.69) is 26.7 Å². The highest BCUT2D eigenvalue weighted by molar-refractivity contribution is 5.95. The van der Waals surface area contributed by atoms with Crippen molar-refractivity contribution in [2.24, 2.45) is 0 Å². The SMILES string of the molecule is FC(F)(F)c1c[nH]c2nc(Nc3cc[c]c4c3OCC4)cc(NC3CC3)c12. The lowest BCUT2D eigenvalue weighted by Gasteiger charge is -2.14. The van der Waals surface area contributed by atoms with Crippen molar-refractivity contribution in [1.29, 1.82) is 0 Å². The molecule has 5 rings (SSSR count). The van der Waals surface area contributed by atoms with E-state index >= 15 is 0 Å². The molecule has 1 aliphatic carbocycles. The van der Waals surface area contributed by atoms with Gasteiger partial charge in [-0.05, 0) is 25.0 Å². The van der Waals surface area contributed by atoms with Crippen LogP contribution in [0.25, 0.3) is 11.0 Å². The topological polar surface area (TPSA) is 62.0 Å². The lowest BCUT2D eigenvalue weighted by molar-refractivity contribution is -0.136. The molecule has 27 heavy (non-hydrogen) atoms. The Morgan fingerprint density at radius 1 is 1.26 bits per heavy atom. The minimum Gasteiger partial charge on any atom is -0.491 e. The molecule has 1 aromatic carbocycles. The van der Waals surface area contributed by atoms with Crippen molar-refractivity contribution in [3.8, 4) is 5.75 Å². The Kier molecular flexibility index (Phi) is 3.50. The van der Waals surface area contributed by atoms with Crippen LogP contribution in [0.15, 0.2) is 24.4 Å². The molecule has 0 saturated heterocycles. The van der Waals surface area contributed by atoms with E-state index in [0.29, 0.717) is 18.1 Å². The molecule has 1 aliphatic heterocycles. The van der Waals surface area contributed by atoms with Crippen molar-refractivity contribution in [1.82, 2.24) is 9.97 Å². The van der Waals surface area contributed by atoms with E-state index in [1.807, 2.05) is 6.07 Å². The molecule has 0 bridgehead atoms. The molecule has 2 aliphatic rings. The fourth-order valence-corrected chi connectivity index (χ4v) is 3.36. The van der Waals surface area contributed by atoms with E-state index in [-0.39, 0.29) is 17.1 Å². The van der Waals surface area contributed by atoms with Crippen LogP contribution in [0.1, 0.15) is 24.0 Å². The zero-order valence-corrected chi connectivity index (χ0v) is 14.2. The normalized spacial score (nSPS) is 16.3. The Morgan fingerprint density at radius 3 is 2.89 bits per heavy atom. The molecule has 0 unspecified atom stereocenters. The minimum absolute atomic E-state index is 0.0721. The van der Waals surface area contributed by atoms with Crippen LogP contribution >= 0.6 is 0 Å². The van der Waals surface area contributed by atoms with Gasteiger partial charge in [-0.25, -0.2) is 4.98 Å². The molecule has 8 heteroatoms. The summed E-state index contributed by atoms with van der Waals surface area (Å²) in [6, 6.07) is 8.59. The molecular formula is C19H16F3N4O. The number of benzene rings is 1. The van der Waals surface area contributed by atoms with Gasteiger partial charge in [-0.1, -0.05) is 6.07 Å². The van der Waals surface area contributed by atoms with Crippen molar-refractivity contribution in [2.75, 3.05) is 17.2 Å². The Morgan fingerprint density at radius 2 is 2.11 bits per heavy atom. The highest BCUT2D eigenvalue weighted by Crippen LogP contribution is 2.41. The monoisotopic (exact) mass is 373 g/mol. The zero-order chi connectivity index (χ0) is 18.6. The van der Waals surface area contributed by atoms with Gasteiger partial charge in [0.25, 0.3) is 0 Å². The summed E-state index contributed by atoms with van der Waals surface area (Å²) in [5.41, 5.74) is 1.62. The Labute approximate surface area is 152 Å². The van der Waals surface area contributed by atoms with Crippen molar-refractivity contribution in [3.63, 3.8) is 0 Å². The highest BCUT2D eigenvalue weighted by atomic mass is 19.4. The van der Waals surface area contributed by atoms with E-state index in [1.165, 1.54) is 0 Å². The standard InChI is InChI=1S/C19H16F3N4O/c20-19(21,22)12-9-23-18-16(12)14(24-11-4-5-11)8-15(26-18)25-13-3-1-2-10-6-7-27-17(10)13/h1,3,8-9,11H,4-7H2,(H3,23,24,25,26). The van der Waals surface area contributed by atoms with E-state index in [4.69, 9.17) is 4.74 Å². The Balaban J connectivity index is 1.58. The molecule has 3 aromatic rings. The lowest BCUT2D eigenvalue weighted by Crippen LogP contribution is -2.08. The summed E-state index contributed by atoms with van der Waals surface area (Å²) in [4.78, 5) is 7.00. The van der Waals surface area contributed by atoms with Gasteiger partial charge in [-0.2, -0.15) is 13.2 Å². The van der Waals surface area contributed by atoms with Crippen LogP contribution in [0.5, 0.6) is 5.75 Å². The number of fused-ring (bicyclic) bond motifs is 2. The summed E-state index contributed by atoms with van der Waals surface area (Å²) in [6.45, 7) is 0.594. The Hall–Kier alpha value is -2.90. The van der Waals surface area contributed by atoms with E-state index < -0.39 is 11.7 Å². The lowest BCUT2D eigenvalue weighted by atomic mass is 10.1. The van der Waals surface area contributed by atoms with Crippen LogP contribution < -0.4 is 15.4 Å². The molecule has 1 radical (unpaired) electrons. The number of alkyl halides is 3. The van der Waals surface area contributed by atoms with Crippen molar-refractivity contribution in [2.45, 2.75) is 31.5 Å². The van der Waals surface area contributed by atoms with Crippen LogP contribution in [0.3, 0.4) is 0 Å². The number of rotatable bonds is 4. The number of halogens is 3. The summed E-state index contributed by atoms with van der Waals surface area (Å²) in [6.07, 6.45) is -0.781. The third-order valence-electron chi connectivity index (χ3n) is 4.77. The van der Waals surface area contributed by atoms with Crippen LogP contribution in [0.4, 0.5) is 30.4 Å². The fraction of sp³-hybridized carbons (Fsp3) is 0.316. The van der Waals surface area contributed by atoms with Gasteiger partial charge in [0.05, 0.1) is 23.2 Å². The summed E-state index contributed by atoms with van der Waals surface area (Å²) in [5.74, 6) is 1.17. The molecule has 139 valence electrons. The summed E-state index contributed by atoms with van der Waals surface area (Å²) >= 11 is 0. The molecule has 2 aromatic heterocycles. The number of aromatic nitrogens is 2. The summed E-state index contributed by atoms with van der Waals surface area (Å²) in [7, 11) is 0. The van der Waals surface area contributed by atoms with Gasteiger partial charge >= 0.3 is 6.18 Å². The number of pyridine rings is 1. The largest absolute Gasteiger partial charge is 0.491 e. The number of hydrogen-bond acceptors (Lipinski definition) is 4. The quantitative estimate of drug-likeness (QED) is 0.624. The Bertz CT molecular complexity index is 1020. The van der Waals surface area contributed by atoms with Crippen LogP contribution in [-0.2, 0) is 12.6 Å². The minimum atomic E-state index is -4.45. The van der Waals surface area contributed by atoms with Crippen molar-refractivity contribution >= 4 is 28.2 Å². The summed E-state index contributed by atoms with van der Waals surface area (Å²) < 4.78 is 45.8. The van der Waals surface area contributed by atoms with Crippen LogP contribution in [-0.4, -0.2) is 22.6 Å². The number of aromatic amines is 1. The van der Waals surface area contributed by atoms with Crippen LogP contribution in [0.2, 0.25) is 0 Å². The summed E-state index contributed by atoms with van der Waals surface area (Å²) in [5, 5.41) is 6.45. The molecular weight excluding hydrogens is 357 g/mol. The second kappa shape index (κ2) is 5.80. The first-order valence-electron chi connectivity index (χ1n) is 8.78. The zero-order valence-electron chi connectivity index (χ0n) is 14.2. The molecule has 0 spiro atoms. The fourth-order valence-electron chi connectivity index (χ4n) is 3.36. The first-order chi connectivity index (χ1) is 13.0. The maximum atomic E-state index is 13.4. The third kappa shape index (κ3) is 2.94. The van der Waals surface area contributed by atoms with Gasteiger partial charge in [0.15, 0.2) is 0 Å². The molecule has 3 heterocycles. The van der Waals surface area contributed by atoms with Crippen LogP contribution in [0, 0.1) is 6.07 Å². The third-order valence-corrected chi connectivity index (χ3v) is 4.77. The van der Waals surface area contributed by atoms with Crippen molar-refractivity contribution in [3.05, 3.63) is 41.6 Å². The van der Waals surface area contributed by atoms with E-state index in [1.54, 1.807) is 12.1 Å². The molecule has 1 fully saturated rings. The molecule has 1 saturated carbocycles. The van der Waals surface area contributed by atoms with Gasteiger partial charge in [0.1, 0.15) is 17.2 Å². The van der Waals surface area contributed by atoms with Gasteiger partial charge in [-0.3, -0.25) is 0 Å². The average Bonchev–Trinajstić information content (AvgIpc) is 3.12. The van der Waals surface area contributed by atoms with E-state index in [0.717, 1.165) is 42.5 Å². The number of ether oxygens (including phenoxy) is 1. The smallest absolute Gasteiger partial charge is 0.418 e. The number of nitrogens with zero attached hydrogens (tertiary/aromatic N) is 1. The molecule has 0 atom stereocenters. The molecule has 0 amide bonds. The van der Waals surface area contributed by atoms with E-state index in [9.17, 15) is 13.2 Å². The predicted molar refractivity (Wildman–Crippen MR) is 95.5 cm³/mol. The highest BCUT2D eigenvalue weighted by Gasteiger charge is 2.36. The number of hydrogen-bond donors (Lipinski definition) is 3. The molecule has 5 nitrogen and oxygen atoms in total. The maximum Gasteiger partial charge on any atom is 0.418 e.